The van der Waals surface area contributed by atoms with Gasteiger partial charge in [-0.2, -0.15) is 0 Å². The predicted molar refractivity (Wildman–Crippen MR) is 97.8 cm³/mol. The molecule has 1 saturated carbocycles. The zero-order valence-corrected chi connectivity index (χ0v) is 15.3. The number of amides is 1. The molecule has 130 valence electrons. The molecule has 0 atom stereocenters. The largest absolute Gasteiger partial charge is 0.347 e. The van der Waals surface area contributed by atoms with Crippen molar-refractivity contribution in [3.63, 3.8) is 0 Å². The first-order chi connectivity index (χ1) is 12.1. The summed E-state index contributed by atoms with van der Waals surface area (Å²) in [5, 5.41) is 3.97. The lowest BCUT2D eigenvalue weighted by molar-refractivity contribution is 0.0951. The Hall–Kier alpha value is -2.28. The van der Waals surface area contributed by atoms with E-state index in [9.17, 15) is 4.79 Å². The van der Waals surface area contributed by atoms with Crippen molar-refractivity contribution >= 4 is 28.4 Å². The van der Waals surface area contributed by atoms with Gasteiger partial charge in [0.2, 0.25) is 0 Å². The maximum Gasteiger partial charge on any atom is 0.253 e. The molecule has 1 aliphatic rings. The number of thiazole rings is 1. The van der Waals surface area contributed by atoms with E-state index in [0.717, 1.165) is 26.7 Å². The molecule has 3 aromatic heterocycles. The van der Waals surface area contributed by atoms with Crippen molar-refractivity contribution in [3.05, 3.63) is 39.7 Å². The SMILES string of the molecule is Cc1nc(C)c(CNC(=O)c2cnc3c(c2)ncn3C2CCCC2)s1. The van der Waals surface area contributed by atoms with Gasteiger partial charge in [0.05, 0.1) is 29.1 Å². The average Bonchev–Trinajstić information content (AvgIpc) is 3.31. The highest BCUT2D eigenvalue weighted by molar-refractivity contribution is 7.11. The number of imidazole rings is 1. The van der Waals surface area contributed by atoms with Crippen LogP contribution in [0.25, 0.3) is 11.2 Å². The van der Waals surface area contributed by atoms with Crippen molar-refractivity contribution in [2.24, 2.45) is 0 Å². The van der Waals surface area contributed by atoms with E-state index in [-0.39, 0.29) is 5.91 Å². The van der Waals surface area contributed by atoms with Gasteiger partial charge in [0.15, 0.2) is 5.65 Å². The Labute approximate surface area is 150 Å². The first-order valence-electron chi connectivity index (χ1n) is 8.65. The minimum atomic E-state index is -0.129. The van der Waals surface area contributed by atoms with Crippen LogP contribution in [0.3, 0.4) is 0 Å². The number of nitrogens with one attached hydrogen (secondary N) is 1. The third kappa shape index (κ3) is 3.16. The number of nitrogens with zero attached hydrogens (tertiary/aromatic N) is 4. The Morgan fingerprint density at radius 1 is 1.32 bits per heavy atom. The maximum absolute atomic E-state index is 12.4. The van der Waals surface area contributed by atoms with Crippen LogP contribution in [0.15, 0.2) is 18.6 Å². The zero-order valence-electron chi connectivity index (χ0n) is 14.5. The Balaban J connectivity index is 1.51. The lowest BCUT2D eigenvalue weighted by Crippen LogP contribution is -2.22. The monoisotopic (exact) mass is 355 g/mol. The molecule has 0 aromatic carbocycles. The summed E-state index contributed by atoms with van der Waals surface area (Å²) in [4.78, 5) is 26.9. The van der Waals surface area contributed by atoms with Gasteiger partial charge in [-0.05, 0) is 32.8 Å². The van der Waals surface area contributed by atoms with Gasteiger partial charge >= 0.3 is 0 Å². The number of carbonyl (C=O) groups excluding carboxylic acids is 1. The van der Waals surface area contributed by atoms with Crippen LogP contribution in [0.4, 0.5) is 0 Å². The number of fused-ring (bicyclic) bond motifs is 1. The van der Waals surface area contributed by atoms with Crippen LogP contribution in [-0.4, -0.2) is 25.4 Å². The van der Waals surface area contributed by atoms with Gasteiger partial charge in [-0.15, -0.1) is 11.3 Å². The number of pyridine rings is 1. The number of carbonyl (C=O) groups is 1. The van der Waals surface area contributed by atoms with Crippen LogP contribution in [0.2, 0.25) is 0 Å². The fourth-order valence-corrected chi connectivity index (χ4v) is 4.37. The third-order valence-corrected chi connectivity index (χ3v) is 5.88. The van der Waals surface area contributed by atoms with E-state index in [1.807, 2.05) is 26.2 Å². The van der Waals surface area contributed by atoms with Crippen LogP contribution >= 0.6 is 11.3 Å². The Bertz CT molecular complexity index is 923. The normalized spacial score (nSPS) is 15.1. The summed E-state index contributed by atoms with van der Waals surface area (Å²) in [6.45, 7) is 4.43. The molecule has 25 heavy (non-hydrogen) atoms. The second-order valence-corrected chi connectivity index (χ2v) is 7.87. The molecule has 3 heterocycles. The van der Waals surface area contributed by atoms with Gasteiger partial charge in [-0.3, -0.25) is 4.79 Å². The molecule has 0 bridgehead atoms. The molecule has 0 spiro atoms. The van der Waals surface area contributed by atoms with Crippen molar-refractivity contribution in [2.75, 3.05) is 0 Å². The van der Waals surface area contributed by atoms with Crippen LogP contribution in [0, 0.1) is 13.8 Å². The van der Waals surface area contributed by atoms with E-state index in [4.69, 9.17) is 0 Å². The molecule has 0 aliphatic heterocycles. The summed E-state index contributed by atoms with van der Waals surface area (Å²) >= 11 is 1.61. The van der Waals surface area contributed by atoms with Gasteiger partial charge in [0.1, 0.15) is 5.52 Å². The number of aryl methyl sites for hydroxylation is 2. The second kappa shape index (κ2) is 6.55. The minimum absolute atomic E-state index is 0.129. The quantitative estimate of drug-likeness (QED) is 0.777. The lowest BCUT2D eigenvalue weighted by atomic mass is 10.2. The molecule has 1 amide bonds. The molecule has 1 N–H and O–H groups in total. The van der Waals surface area contributed by atoms with Gasteiger partial charge in [0, 0.05) is 17.1 Å². The molecule has 7 heteroatoms. The van der Waals surface area contributed by atoms with Crippen molar-refractivity contribution in [2.45, 2.75) is 52.1 Å². The van der Waals surface area contributed by atoms with Gasteiger partial charge in [0.25, 0.3) is 5.91 Å². The standard InChI is InChI=1S/C18H21N5OS/c1-11-16(25-12(2)22-11)9-20-18(24)13-7-15-17(19-8-13)23(10-21-15)14-5-3-4-6-14/h7-8,10,14H,3-6,9H2,1-2H3,(H,20,24). The van der Waals surface area contributed by atoms with E-state index < -0.39 is 0 Å². The van der Waals surface area contributed by atoms with E-state index >= 15 is 0 Å². The summed E-state index contributed by atoms with van der Waals surface area (Å²) in [6.07, 6.45) is 8.41. The van der Waals surface area contributed by atoms with E-state index in [1.54, 1.807) is 17.5 Å². The molecule has 6 nitrogen and oxygen atoms in total. The van der Waals surface area contributed by atoms with Gasteiger partial charge < -0.3 is 9.88 Å². The molecule has 4 rings (SSSR count). The molecule has 1 fully saturated rings. The number of aromatic nitrogens is 4. The van der Waals surface area contributed by atoms with E-state index in [2.05, 4.69) is 24.8 Å². The van der Waals surface area contributed by atoms with Crippen LogP contribution in [-0.2, 0) is 6.54 Å². The maximum atomic E-state index is 12.4. The first kappa shape index (κ1) is 16.2. The number of hydrogen-bond acceptors (Lipinski definition) is 5. The molecule has 3 aromatic rings. The Morgan fingerprint density at radius 2 is 2.12 bits per heavy atom. The van der Waals surface area contributed by atoms with Crippen molar-refractivity contribution in [3.8, 4) is 0 Å². The summed E-state index contributed by atoms with van der Waals surface area (Å²) in [5.74, 6) is -0.129. The third-order valence-electron chi connectivity index (χ3n) is 4.80. The molecular weight excluding hydrogens is 334 g/mol. The lowest BCUT2D eigenvalue weighted by Gasteiger charge is -2.11. The Morgan fingerprint density at radius 3 is 2.84 bits per heavy atom. The Kier molecular flexibility index (Phi) is 4.25. The molecule has 0 unspecified atom stereocenters. The number of hydrogen-bond donors (Lipinski definition) is 1. The summed E-state index contributed by atoms with van der Waals surface area (Å²) in [5.41, 5.74) is 3.18. The predicted octanol–water partition coefficient (Wildman–Crippen LogP) is 3.55. The van der Waals surface area contributed by atoms with Crippen LogP contribution in [0.5, 0.6) is 0 Å². The van der Waals surface area contributed by atoms with Crippen LogP contribution < -0.4 is 5.32 Å². The fourth-order valence-electron chi connectivity index (χ4n) is 3.49. The first-order valence-corrected chi connectivity index (χ1v) is 9.47. The summed E-state index contributed by atoms with van der Waals surface area (Å²) < 4.78 is 2.16. The highest BCUT2D eigenvalue weighted by Crippen LogP contribution is 2.31. The fraction of sp³-hybridized carbons (Fsp3) is 0.444. The molecule has 0 radical (unpaired) electrons. The van der Waals surface area contributed by atoms with Crippen LogP contribution in [0.1, 0.15) is 57.7 Å². The summed E-state index contributed by atoms with van der Waals surface area (Å²) in [7, 11) is 0. The molecule has 1 aliphatic carbocycles. The average molecular weight is 355 g/mol. The second-order valence-electron chi connectivity index (χ2n) is 6.58. The highest BCUT2D eigenvalue weighted by Gasteiger charge is 2.20. The molecular formula is C18H21N5OS. The van der Waals surface area contributed by atoms with Crippen molar-refractivity contribution in [1.29, 1.82) is 0 Å². The van der Waals surface area contributed by atoms with E-state index in [1.165, 1.54) is 25.7 Å². The van der Waals surface area contributed by atoms with Crippen molar-refractivity contribution < 1.29 is 4.79 Å². The zero-order chi connectivity index (χ0) is 17.4. The van der Waals surface area contributed by atoms with Crippen molar-refractivity contribution in [1.82, 2.24) is 24.8 Å². The van der Waals surface area contributed by atoms with E-state index in [0.29, 0.717) is 18.2 Å². The van der Waals surface area contributed by atoms with Gasteiger partial charge in [-0.1, -0.05) is 12.8 Å². The summed E-state index contributed by atoms with van der Waals surface area (Å²) in [6, 6.07) is 2.32. The highest BCUT2D eigenvalue weighted by atomic mass is 32.1. The smallest absolute Gasteiger partial charge is 0.253 e. The molecule has 0 saturated heterocycles. The number of rotatable bonds is 4. The van der Waals surface area contributed by atoms with Gasteiger partial charge in [-0.25, -0.2) is 15.0 Å². The minimum Gasteiger partial charge on any atom is -0.347 e. The topological polar surface area (TPSA) is 72.7 Å².